The number of rotatable bonds is 11. The summed E-state index contributed by atoms with van der Waals surface area (Å²) in [5.74, 6) is -4.79. The number of ether oxygens (including phenoxy) is 4. The fourth-order valence-electron chi connectivity index (χ4n) is 11.7. The number of carbonyl (C=O) groups is 8. The van der Waals surface area contributed by atoms with Gasteiger partial charge in [0.05, 0.1) is 89.2 Å². The Hall–Kier alpha value is -7.47. The number of hydrogen-bond acceptors (Lipinski definition) is 19. The summed E-state index contributed by atoms with van der Waals surface area (Å²) in [5.41, 5.74) is 2.70. The second-order valence-electron chi connectivity index (χ2n) is 23.3. The molecule has 4 aromatic rings. The molecule has 3 fully saturated rings. The number of hydrogen-bond donors (Lipinski definition) is 4. The molecule has 90 heavy (non-hydrogen) atoms. The number of carboxylic acids is 3. The minimum atomic E-state index is -1.06. The third kappa shape index (κ3) is 17.9. The van der Waals surface area contributed by atoms with Gasteiger partial charge in [0.15, 0.2) is 11.4 Å². The molecule has 29 heteroatoms. The van der Waals surface area contributed by atoms with E-state index in [1.165, 1.54) is 0 Å². The van der Waals surface area contributed by atoms with Gasteiger partial charge in [0, 0.05) is 136 Å². The van der Waals surface area contributed by atoms with Gasteiger partial charge in [-0.15, -0.1) is 0 Å². The Morgan fingerprint density at radius 1 is 0.633 bits per heavy atom. The van der Waals surface area contributed by atoms with Gasteiger partial charge in [-0.25, -0.2) is 9.48 Å². The van der Waals surface area contributed by atoms with Gasteiger partial charge in [-0.2, -0.15) is 5.10 Å². The zero-order valence-corrected chi connectivity index (χ0v) is 51.9. The van der Waals surface area contributed by atoms with Crippen LogP contribution in [-0.2, 0) is 59.3 Å². The Balaban J connectivity index is 0.910. The SMILES string of the molecule is CC1(C)COCCN1C(=O)c1nn(-c2cc(Cl)cc(Cl)c2)c2c1COc1cc3c(cc1-2)-c1cccc(c1)NC(=O)CCC(=O)N(C1CCN(C(=O)CN2CCN(CC(=O)O)CCN(CC(=O)O)CCN(CC(=O)O)CC2)CC1)CCOCCOCCC(=O)OO3. The highest BCUT2D eigenvalue weighted by atomic mass is 35.5. The number of amides is 4. The Labute approximate surface area is 530 Å². The lowest BCUT2D eigenvalue weighted by Gasteiger charge is -2.41. The first kappa shape index (κ1) is 66.9. The summed E-state index contributed by atoms with van der Waals surface area (Å²) in [6.07, 6.45) is 0.334. The largest absolute Gasteiger partial charge is 0.488 e. The van der Waals surface area contributed by atoms with Crippen LogP contribution in [0.1, 0.15) is 62.0 Å². The molecule has 0 aliphatic carbocycles. The number of carbonyl (C=O) groups excluding carboxylic acids is 5. The topological polar surface area (TPSA) is 305 Å². The van der Waals surface area contributed by atoms with Crippen molar-refractivity contribution in [2.75, 3.05) is 150 Å². The molecule has 486 valence electrons. The predicted molar refractivity (Wildman–Crippen MR) is 326 cm³/mol. The maximum atomic E-state index is 14.6. The van der Waals surface area contributed by atoms with E-state index in [1.54, 1.807) is 88.7 Å². The molecule has 6 heterocycles. The summed E-state index contributed by atoms with van der Waals surface area (Å²) in [4.78, 5) is 129. The molecule has 0 saturated carbocycles. The van der Waals surface area contributed by atoms with E-state index in [1.807, 2.05) is 18.7 Å². The third-order valence-corrected chi connectivity index (χ3v) is 16.8. The molecule has 5 aliphatic rings. The Morgan fingerprint density at radius 2 is 1.23 bits per heavy atom. The van der Waals surface area contributed by atoms with E-state index in [0.29, 0.717) is 101 Å². The van der Waals surface area contributed by atoms with Crippen LogP contribution in [-0.4, -0.2) is 263 Å². The number of aliphatic carboxylic acids is 3. The molecule has 1 aromatic heterocycles. The van der Waals surface area contributed by atoms with Crippen molar-refractivity contribution in [1.82, 2.24) is 44.1 Å². The third-order valence-electron chi connectivity index (χ3n) is 16.4. The normalized spacial score (nSPS) is 19.8. The van der Waals surface area contributed by atoms with Crippen LogP contribution in [0.5, 0.6) is 11.5 Å². The molecule has 5 aliphatic heterocycles. The van der Waals surface area contributed by atoms with E-state index in [2.05, 4.69) is 5.32 Å². The number of likely N-dealkylation sites (tertiary alicyclic amines) is 1. The van der Waals surface area contributed by atoms with Crippen LogP contribution < -0.4 is 14.9 Å². The Bertz CT molecular complexity index is 3230. The van der Waals surface area contributed by atoms with E-state index in [-0.39, 0.29) is 173 Å². The highest BCUT2D eigenvalue weighted by Crippen LogP contribution is 2.47. The number of nitrogens with zero attached hydrogens (tertiary/aromatic N) is 9. The van der Waals surface area contributed by atoms with Crippen molar-refractivity contribution < 1.29 is 82.4 Å². The summed E-state index contributed by atoms with van der Waals surface area (Å²) >= 11 is 13.1. The van der Waals surface area contributed by atoms with E-state index in [0.717, 1.165) is 0 Å². The van der Waals surface area contributed by atoms with E-state index in [4.69, 9.17) is 57.0 Å². The summed E-state index contributed by atoms with van der Waals surface area (Å²) in [5, 5.41) is 37.4. The van der Waals surface area contributed by atoms with Crippen LogP contribution >= 0.6 is 23.2 Å². The molecule has 3 saturated heterocycles. The second-order valence-corrected chi connectivity index (χ2v) is 24.2. The van der Waals surface area contributed by atoms with Crippen LogP contribution in [0.15, 0.2) is 54.6 Å². The van der Waals surface area contributed by atoms with Gasteiger partial charge >= 0.3 is 23.9 Å². The molecule has 0 radical (unpaired) electrons. The minimum Gasteiger partial charge on any atom is -0.488 e. The molecule has 9 rings (SSSR count). The zero-order valence-electron chi connectivity index (χ0n) is 50.4. The number of morpholine rings is 1. The maximum absolute atomic E-state index is 14.6. The van der Waals surface area contributed by atoms with Crippen LogP contribution in [0.4, 0.5) is 5.69 Å². The van der Waals surface area contributed by atoms with Gasteiger partial charge in [0.1, 0.15) is 12.4 Å². The van der Waals surface area contributed by atoms with Crippen molar-refractivity contribution in [1.29, 1.82) is 0 Å². The molecule has 27 nitrogen and oxygen atoms in total. The van der Waals surface area contributed by atoms with Crippen molar-refractivity contribution in [3.8, 4) is 39.6 Å². The Morgan fingerprint density at radius 3 is 1.84 bits per heavy atom. The number of aromatic nitrogens is 2. The van der Waals surface area contributed by atoms with Gasteiger partial charge in [-0.1, -0.05) is 35.3 Å². The van der Waals surface area contributed by atoms with Gasteiger partial charge in [-0.3, -0.25) is 62.9 Å². The zero-order chi connectivity index (χ0) is 64.1. The first-order chi connectivity index (χ1) is 43.2. The van der Waals surface area contributed by atoms with E-state index >= 15 is 0 Å². The average Bonchev–Trinajstić information content (AvgIpc) is 1.53. The highest BCUT2D eigenvalue weighted by molar-refractivity contribution is 6.34. The number of carboxylic acid groups (broad SMARTS) is 3. The molecule has 2 bridgehead atoms. The van der Waals surface area contributed by atoms with Crippen molar-refractivity contribution in [3.63, 3.8) is 0 Å². The lowest BCUT2D eigenvalue weighted by molar-refractivity contribution is -0.214. The lowest BCUT2D eigenvalue weighted by atomic mass is 9.95. The Kier molecular flexibility index (Phi) is 23.1. The summed E-state index contributed by atoms with van der Waals surface area (Å²) in [6.45, 7) is 7.06. The minimum absolute atomic E-state index is 0.0282. The molecule has 4 N–H and O–H groups in total. The van der Waals surface area contributed by atoms with Crippen LogP contribution in [0.2, 0.25) is 10.0 Å². The molecule has 0 atom stereocenters. The van der Waals surface area contributed by atoms with Crippen LogP contribution in [0.25, 0.3) is 28.1 Å². The number of benzene rings is 3. The number of nitrogens with one attached hydrogen (secondary N) is 1. The smallest absolute Gasteiger partial charge is 0.357 e. The first-order valence-electron chi connectivity index (χ1n) is 30.0. The van der Waals surface area contributed by atoms with E-state index in [9.17, 15) is 53.7 Å². The van der Waals surface area contributed by atoms with Gasteiger partial charge in [-0.05, 0) is 68.7 Å². The predicted octanol–water partition coefficient (Wildman–Crippen LogP) is 3.94. The summed E-state index contributed by atoms with van der Waals surface area (Å²) in [7, 11) is 0. The van der Waals surface area contributed by atoms with Gasteiger partial charge in [0.25, 0.3) is 5.91 Å². The molecular formula is C61H76Cl2N10O17. The van der Waals surface area contributed by atoms with Gasteiger partial charge < -0.3 is 54.3 Å². The number of piperidine rings is 1. The fourth-order valence-corrected chi connectivity index (χ4v) is 12.2. The van der Waals surface area contributed by atoms with Crippen molar-refractivity contribution in [2.24, 2.45) is 0 Å². The van der Waals surface area contributed by atoms with Crippen molar-refractivity contribution in [3.05, 3.63) is 75.9 Å². The maximum Gasteiger partial charge on any atom is 0.357 e. The summed E-state index contributed by atoms with van der Waals surface area (Å²) < 4.78 is 25.3. The number of fused-ring (bicyclic) bond motifs is 7. The lowest BCUT2D eigenvalue weighted by Crippen LogP contribution is -2.55. The van der Waals surface area contributed by atoms with Crippen LogP contribution in [0, 0.1) is 0 Å². The average molecular weight is 1290 g/mol. The fraction of sp³-hybridized carbons (Fsp3) is 0.525. The molecule has 4 amide bonds. The monoisotopic (exact) mass is 1290 g/mol. The number of halogens is 2. The number of anilines is 1. The standard InChI is InChI=1S/C61H76Cl2N10O17/c1-61(2)39-87-25-22-72(61)60(84)58-48-38-88-49-33-50-46(32-47(49)59(48)73(65-58)45-30-41(62)29-42(63)31-45)40-4-3-5-43(28-40)64-51(74)6-7-52(75)71(21-24-86-27-26-85-23-10-57(83)90-89-50)44-8-11-70(12-9-44)53(76)34-66-13-15-67(35-54(77)78)17-19-69(37-56(81)82)20-18-68(16-14-66)36-55(79)80/h3-5,28-33,44H,6-27,34-39H2,1-2H3,(H,64,74)(H,77,78)(H,79,80)(H,81,82). The molecule has 0 spiro atoms. The second kappa shape index (κ2) is 31.0. The molecule has 3 aromatic carbocycles. The van der Waals surface area contributed by atoms with E-state index < -0.39 is 35.3 Å². The van der Waals surface area contributed by atoms with Gasteiger partial charge in [0.2, 0.25) is 17.7 Å². The van der Waals surface area contributed by atoms with Crippen LogP contribution in [0.3, 0.4) is 0 Å². The van der Waals surface area contributed by atoms with Crippen molar-refractivity contribution in [2.45, 2.75) is 64.1 Å². The van der Waals surface area contributed by atoms with Crippen molar-refractivity contribution >= 4 is 76.4 Å². The molecule has 0 unspecified atom stereocenters. The molecular weight excluding hydrogens is 1220 g/mol. The highest BCUT2D eigenvalue weighted by Gasteiger charge is 2.40. The quantitative estimate of drug-likeness (QED) is 0.155. The summed E-state index contributed by atoms with van der Waals surface area (Å²) in [6, 6.07) is 14.8. The first-order valence-corrected chi connectivity index (χ1v) is 30.8.